The number of nitrogens with zero attached hydrogens (tertiary/aromatic N) is 2. The predicted molar refractivity (Wildman–Crippen MR) is 74.8 cm³/mol. The average molecular weight is 270 g/mol. The zero-order chi connectivity index (χ0) is 14.7. The lowest BCUT2D eigenvalue weighted by Gasteiger charge is -2.11. The standard InChI is InChI=1S/C15H14N2O3/c1-10-7-13(9-14(8-10)17(19)20)15(18)11(2)12-3-5-16-6-4-12/h3-9,11H,1-2H3. The summed E-state index contributed by atoms with van der Waals surface area (Å²) in [5.74, 6) is -0.498. The second-order valence-electron chi connectivity index (χ2n) is 4.68. The Kier molecular flexibility index (Phi) is 3.89. The molecule has 0 fully saturated rings. The molecule has 0 aliphatic heterocycles. The predicted octanol–water partition coefficient (Wildman–Crippen LogP) is 3.28. The monoisotopic (exact) mass is 270 g/mol. The quantitative estimate of drug-likeness (QED) is 0.485. The molecule has 102 valence electrons. The minimum absolute atomic E-state index is 0.0599. The summed E-state index contributed by atoms with van der Waals surface area (Å²) in [6, 6.07) is 7.99. The van der Waals surface area contributed by atoms with Gasteiger partial charge in [-0.25, -0.2) is 0 Å². The molecule has 0 amide bonds. The fourth-order valence-electron chi connectivity index (χ4n) is 2.06. The van der Waals surface area contributed by atoms with Gasteiger partial charge in [-0.15, -0.1) is 0 Å². The molecule has 1 aromatic heterocycles. The number of non-ortho nitro benzene ring substituents is 1. The van der Waals surface area contributed by atoms with Crippen molar-refractivity contribution in [3.8, 4) is 0 Å². The van der Waals surface area contributed by atoms with Crippen LogP contribution in [0.25, 0.3) is 0 Å². The molecule has 0 aliphatic rings. The van der Waals surface area contributed by atoms with Crippen molar-refractivity contribution in [1.82, 2.24) is 4.98 Å². The smallest absolute Gasteiger partial charge is 0.270 e. The molecule has 0 radical (unpaired) electrons. The third kappa shape index (κ3) is 2.88. The Morgan fingerprint density at radius 3 is 2.50 bits per heavy atom. The SMILES string of the molecule is Cc1cc(C(=O)C(C)c2ccncc2)cc([N+](=O)[O-])c1. The highest BCUT2D eigenvalue weighted by Gasteiger charge is 2.20. The number of Topliss-reactive ketones (excluding diaryl/α,β-unsaturated/α-hetero) is 1. The van der Waals surface area contributed by atoms with Crippen LogP contribution in [-0.2, 0) is 0 Å². The van der Waals surface area contributed by atoms with E-state index in [0.29, 0.717) is 11.1 Å². The highest BCUT2D eigenvalue weighted by Crippen LogP contribution is 2.23. The molecule has 1 atom stereocenters. The molecule has 1 unspecified atom stereocenters. The van der Waals surface area contributed by atoms with Crippen molar-refractivity contribution in [2.24, 2.45) is 0 Å². The van der Waals surface area contributed by atoms with Gasteiger partial charge in [0.2, 0.25) is 0 Å². The van der Waals surface area contributed by atoms with Crippen LogP contribution in [0.4, 0.5) is 5.69 Å². The van der Waals surface area contributed by atoms with Crippen molar-refractivity contribution in [3.05, 3.63) is 69.5 Å². The molecule has 5 nitrogen and oxygen atoms in total. The number of aromatic nitrogens is 1. The third-order valence-electron chi connectivity index (χ3n) is 3.16. The Hall–Kier alpha value is -2.56. The zero-order valence-corrected chi connectivity index (χ0v) is 11.2. The van der Waals surface area contributed by atoms with Crippen LogP contribution in [0.5, 0.6) is 0 Å². The fourth-order valence-corrected chi connectivity index (χ4v) is 2.06. The molecular formula is C15H14N2O3. The van der Waals surface area contributed by atoms with Crippen LogP contribution < -0.4 is 0 Å². The first kappa shape index (κ1) is 13.9. The molecule has 0 saturated heterocycles. The summed E-state index contributed by atoms with van der Waals surface area (Å²) >= 11 is 0. The molecule has 5 heteroatoms. The highest BCUT2D eigenvalue weighted by molar-refractivity contribution is 6.01. The van der Waals surface area contributed by atoms with E-state index in [2.05, 4.69) is 4.98 Å². The largest absolute Gasteiger partial charge is 0.294 e. The maximum atomic E-state index is 12.4. The summed E-state index contributed by atoms with van der Waals surface area (Å²) in [7, 11) is 0. The number of hydrogen-bond acceptors (Lipinski definition) is 4. The average Bonchev–Trinajstić information content (AvgIpc) is 2.46. The maximum absolute atomic E-state index is 12.4. The normalized spacial score (nSPS) is 11.9. The van der Waals surface area contributed by atoms with E-state index in [1.54, 1.807) is 44.4 Å². The molecule has 1 aromatic carbocycles. The van der Waals surface area contributed by atoms with Gasteiger partial charge in [0.25, 0.3) is 5.69 Å². The zero-order valence-electron chi connectivity index (χ0n) is 11.2. The van der Waals surface area contributed by atoms with E-state index in [1.807, 2.05) is 0 Å². The fraction of sp³-hybridized carbons (Fsp3) is 0.200. The van der Waals surface area contributed by atoms with E-state index in [0.717, 1.165) is 5.56 Å². The van der Waals surface area contributed by atoms with Crippen LogP contribution in [0.3, 0.4) is 0 Å². The summed E-state index contributed by atoms with van der Waals surface area (Å²) in [6.07, 6.45) is 3.25. The van der Waals surface area contributed by atoms with Crippen molar-refractivity contribution in [2.45, 2.75) is 19.8 Å². The van der Waals surface area contributed by atoms with E-state index in [1.165, 1.54) is 12.1 Å². The Bertz CT molecular complexity index is 653. The van der Waals surface area contributed by atoms with E-state index in [4.69, 9.17) is 0 Å². The topological polar surface area (TPSA) is 73.1 Å². The van der Waals surface area contributed by atoms with Gasteiger partial charge in [0, 0.05) is 36.0 Å². The van der Waals surface area contributed by atoms with Gasteiger partial charge in [-0.05, 0) is 36.2 Å². The van der Waals surface area contributed by atoms with E-state index < -0.39 is 4.92 Å². The Balaban J connectivity index is 2.36. The first-order valence-electron chi connectivity index (χ1n) is 6.19. The van der Waals surface area contributed by atoms with Crippen LogP contribution in [0, 0.1) is 17.0 Å². The Morgan fingerprint density at radius 2 is 1.90 bits per heavy atom. The number of carbonyl (C=O) groups excluding carboxylic acids is 1. The molecule has 1 heterocycles. The number of nitro groups is 1. The van der Waals surface area contributed by atoms with Crippen LogP contribution in [0.1, 0.15) is 34.3 Å². The van der Waals surface area contributed by atoms with Crippen LogP contribution in [0.15, 0.2) is 42.7 Å². The van der Waals surface area contributed by atoms with Gasteiger partial charge in [0.15, 0.2) is 5.78 Å². The number of carbonyl (C=O) groups is 1. The van der Waals surface area contributed by atoms with Gasteiger partial charge < -0.3 is 0 Å². The molecule has 0 bridgehead atoms. The number of aryl methyl sites for hydroxylation is 1. The summed E-state index contributed by atoms with van der Waals surface area (Å²) in [5, 5.41) is 10.9. The van der Waals surface area contributed by atoms with Gasteiger partial charge in [-0.2, -0.15) is 0 Å². The van der Waals surface area contributed by atoms with Gasteiger partial charge in [0.1, 0.15) is 0 Å². The molecule has 2 rings (SSSR count). The lowest BCUT2D eigenvalue weighted by Crippen LogP contribution is -2.10. The first-order valence-corrected chi connectivity index (χ1v) is 6.19. The second kappa shape index (κ2) is 5.61. The molecule has 0 saturated carbocycles. The van der Waals surface area contributed by atoms with Crippen molar-refractivity contribution >= 4 is 11.5 Å². The van der Waals surface area contributed by atoms with Crippen molar-refractivity contribution in [1.29, 1.82) is 0 Å². The summed E-state index contributed by atoms with van der Waals surface area (Å²) in [5.41, 5.74) is 1.84. The lowest BCUT2D eigenvalue weighted by molar-refractivity contribution is -0.384. The molecule has 0 aliphatic carbocycles. The van der Waals surface area contributed by atoms with Crippen LogP contribution in [0.2, 0.25) is 0 Å². The second-order valence-corrected chi connectivity index (χ2v) is 4.68. The van der Waals surface area contributed by atoms with Crippen molar-refractivity contribution < 1.29 is 9.72 Å². The summed E-state index contributed by atoms with van der Waals surface area (Å²) in [6.45, 7) is 3.52. The number of rotatable bonds is 4. The first-order chi connectivity index (χ1) is 9.49. The van der Waals surface area contributed by atoms with Crippen molar-refractivity contribution in [3.63, 3.8) is 0 Å². The molecule has 20 heavy (non-hydrogen) atoms. The number of pyridine rings is 1. The highest BCUT2D eigenvalue weighted by atomic mass is 16.6. The number of nitro benzene ring substituents is 1. The lowest BCUT2D eigenvalue weighted by atomic mass is 9.92. The Labute approximate surface area is 116 Å². The number of hydrogen-bond donors (Lipinski definition) is 0. The van der Waals surface area contributed by atoms with Crippen LogP contribution in [-0.4, -0.2) is 15.7 Å². The van der Waals surface area contributed by atoms with Gasteiger partial charge in [-0.3, -0.25) is 19.9 Å². The van der Waals surface area contributed by atoms with E-state index in [-0.39, 0.29) is 17.4 Å². The summed E-state index contributed by atoms with van der Waals surface area (Å²) < 4.78 is 0. The summed E-state index contributed by atoms with van der Waals surface area (Å²) in [4.78, 5) is 26.7. The molecule has 0 spiro atoms. The van der Waals surface area contributed by atoms with Gasteiger partial charge in [-0.1, -0.05) is 6.92 Å². The Morgan fingerprint density at radius 1 is 1.25 bits per heavy atom. The number of ketones is 1. The van der Waals surface area contributed by atoms with Crippen LogP contribution >= 0.6 is 0 Å². The molecule has 2 aromatic rings. The molecule has 0 N–H and O–H groups in total. The number of benzene rings is 1. The van der Waals surface area contributed by atoms with Gasteiger partial charge >= 0.3 is 0 Å². The van der Waals surface area contributed by atoms with E-state index in [9.17, 15) is 14.9 Å². The molecular weight excluding hydrogens is 256 g/mol. The minimum Gasteiger partial charge on any atom is -0.294 e. The maximum Gasteiger partial charge on any atom is 0.270 e. The van der Waals surface area contributed by atoms with Crippen molar-refractivity contribution in [2.75, 3.05) is 0 Å². The van der Waals surface area contributed by atoms with Gasteiger partial charge in [0.05, 0.1) is 4.92 Å². The minimum atomic E-state index is -0.485. The van der Waals surface area contributed by atoms with E-state index >= 15 is 0 Å². The third-order valence-corrected chi connectivity index (χ3v) is 3.16.